The quantitative estimate of drug-likeness (QED) is 0.277. The van der Waals surface area contributed by atoms with Crippen molar-refractivity contribution in [1.29, 1.82) is 0 Å². The van der Waals surface area contributed by atoms with E-state index in [1.54, 1.807) is 7.11 Å². The molecule has 0 spiro atoms. The van der Waals surface area contributed by atoms with Crippen molar-refractivity contribution in [2.75, 3.05) is 24.3 Å². The zero-order chi connectivity index (χ0) is 22.1. The Hall–Kier alpha value is -4.00. The molecule has 3 aromatic heterocycles. The molecular formula is C25H26N6O. The lowest BCUT2D eigenvalue weighted by Gasteiger charge is -2.10. The van der Waals surface area contributed by atoms with E-state index in [2.05, 4.69) is 68.0 Å². The molecule has 5 rings (SSSR count). The smallest absolute Gasteiger partial charge is 0.224 e. The first kappa shape index (κ1) is 19.9. The van der Waals surface area contributed by atoms with Gasteiger partial charge in [0.15, 0.2) is 0 Å². The number of aryl methyl sites for hydroxylation is 2. The molecule has 0 radical (unpaired) electrons. The van der Waals surface area contributed by atoms with E-state index >= 15 is 0 Å². The second-order valence-electron chi connectivity index (χ2n) is 8.00. The summed E-state index contributed by atoms with van der Waals surface area (Å²) >= 11 is 0. The molecule has 0 saturated carbocycles. The summed E-state index contributed by atoms with van der Waals surface area (Å²) in [6.45, 7) is 4.76. The summed E-state index contributed by atoms with van der Waals surface area (Å²) in [5.74, 6) is 2.24. The highest BCUT2D eigenvalue weighted by Crippen LogP contribution is 2.25. The fourth-order valence-corrected chi connectivity index (χ4v) is 4.02. The fraction of sp³-hybridized carbons (Fsp3) is 0.200. The molecule has 0 bridgehead atoms. The average molecular weight is 427 g/mol. The molecule has 0 atom stereocenters. The topological polar surface area (TPSA) is 90.6 Å². The molecule has 32 heavy (non-hydrogen) atoms. The van der Waals surface area contributed by atoms with Crippen molar-refractivity contribution in [1.82, 2.24) is 19.9 Å². The summed E-state index contributed by atoms with van der Waals surface area (Å²) < 4.78 is 5.36. The van der Waals surface area contributed by atoms with Crippen LogP contribution in [0, 0.1) is 13.8 Å². The number of benzene rings is 2. The van der Waals surface area contributed by atoms with Crippen molar-refractivity contribution in [3.8, 4) is 5.75 Å². The summed E-state index contributed by atoms with van der Waals surface area (Å²) in [5, 5.41) is 9.12. The van der Waals surface area contributed by atoms with E-state index in [1.807, 2.05) is 31.2 Å². The van der Waals surface area contributed by atoms with Gasteiger partial charge in [-0.05, 0) is 68.3 Å². The Bertz CT molecular complexity index is 1400. The first-order valence-corrected chi connectivity index (χ1v) is 10.7. The SMILES string of the molecule is COc1ccc2[nH]cc(CCNc3nc(C)cc(Nc4ccc5[nH]c(C)cc5c4)n3)c2c1. The first-order chi connectivity index (χ1) is 15.6. The Morgan fingerprint density at radius 1 is 0.969 bits per heavy atom. The Labute approximate surface area is 186 Å². The molecule has 7 heteroatoms. The van der Waals surface area contributed by atoms with Crippen molar-refractivity contribution < 1.29 is 4.74 Å². The number of methoxy groups -OCH3 is 1. The van der Waals surface area contributed by atoms with Crippen LogP contribution in [0.1, 0.15) is 17.0 Å². The Morgan fingerprint density at radius 2 is 1.84 bits per heavy atom. The molecule has 0 saturated heterocycles. The van der Waals surface area contributed by atoms with Gasteiger partial charge in [0.1, 0.15) is 11.6 Å². The molecule has 3 heterocycles. The second-order valence-corrected chi connectivity index (χ2v) is 8.00. The monoisotopic (exact) mass is 426 g/mol. The predicted molar refractivity (Wildman–Crippen MR) is 130 cm³/mol. The number of fused-ring (bicyclic) bond motifs is 2. The molecule has 162 valence electrons. The second kappa shape index (κ2) is 8.26. The highest BCUT2D eigenvalue weighted by molar-refractivity contribution is 5.85. The highest BCUT2D eigenvalue weighted by atomic mass is 16.5. The van der Waals surface area contributed by atoms with Gasteiger partial charge >= 0.3 is 0 Å². The molecule has 2 aromatic carbocycles. The normalized spacial score (nSPS) is 11.2. The fourth-order valence-electron chi connectivity index (χ4n) is 4.02. The molecule has 0 aliphatic rings. The molecule has 0 fully saturated rings. The number of aromatic amines is 2. The van der Waals surface area contributed by atoms with Crippen molar-refractivity contribution in [3.05, 3.63) is 71.7 Å². The lowest BCUT2D eigenvalue weighted by atomic mass is 10.1. The summed E-state index contributed by atoms with van der Waals surface area (Å²) in [6, 6.07) is 16.4. The van der Waals surface area contributed by atoms with Crippen LogP contribution >= 0.6 is 0 Å². The standard InChI is InChI=1S/C25H26N6O/c1-15-10-18-12-19(4-6-22(18)28-15)30-24-11-16(2)29-25(31-24)26-9-8-17-14-27-23-7-5-20(32-3)13-21(17)23/h4-7,10-14,27-28H,8-9H2,1-3H3,(H2,26,29,30,31). The number of H-pyrrole nitrogens is 2. The van der Waals surface area contributed by atoms with Gasteiger partial charge in [-0.3, -0.25) is 0 Å². The lowest BCUT2D eigenvalue weighted by molar-refractivity contribution is 0.415. The van der Waals surface area contributed by atoms with Crippen LogP contribution in [0.2, 0.25) is 0 Å². The minimum atomic E-state index is 0.614. The van der Waals surface area contributed by atoms with Crippen molar-refractivity contribution in [2.24, 2.45) is 0 Å². The van der Waals surface area contributed by atoms with Crippen molar-refractivity contribution in [3.63, 3.8) is 0 Å². The van der Waals surface area contributed by atoms with Gasteiger partial charge in [-0.2, -0.15) is 4.98 Å². The molecule has 0 amide bonds. The van der Waals surface area contributed by atoms with Crippen molar-refractivity contribution >= 4 is 39.3 Å². The number of hydrogen-bond acceptors (Lipinski definition) is 5. The Kier molecular flexibility index (Phi) is 5.15. The van der Waals surface area contributed by atoms with Gasteiger partial charge in [0.2, 0.25) is 5.95 Å². The van der Waals surface area contributed by atoms with Crippen molar-refractivity contribution in [2.45, 2.75) is 20.3 Å². The lowest BCUT2D eigenvalue weighted by Crippen LogP contribution is -2.09. The highest BCUT2D eigenvalue weighted by Gasteiger charge is 2.07. The van der Waals surface area contributed by atoms with Crippen LogP contribution in [0.3, 0.4) is 0 Å². The molecule has 4 N–H and O–H groups in total. The zero-order valence-electron chi connectivity index (χ0n) is 18.4. The minimum Gasteiger partial charge on any atom is -0.497 e. The summed E-state index contributed by atoms with van der Waals surface area (Å²) in [5.41, 5.74) is 6.51. The third-order valence-corrected chi connectivity index (χ3v) is 5.53. The van der Waals surface area contributed by atoms with Gasteiger partial charge in [-0.25, -0.2) is 4.98 Å². The van der Waals surface area contributed by atoms with Gasteiger partial charge in [-0.15, -0.1) is 0 Å². The molecule has 0 unspecified atom stereocenters. The average Bonchev–Trinajstić information content (AvgIpc) is 3.35. The Morgan fingerprint density at radius 3 is 2.72 bits per heavy atom. The van der Waals surface area contributed by atoms with E-state index in [4.69, 9.17) is 4.74 Å². The summed E-state index contributed by atoms with van der Waals surface area (Å²) in [4.78, 5) is 15.9. The minimum absolute atomic E-state index is 0.614. The number of nitrogens with zero attached hydrogens (tertiary/aromatic N) is 2. The molecule has 0 aliphatic carbocycles. The Balaban J connectivity index is 1.28. The van der Waals surface area contributed by atoms with E-state index in [9.17, 15) is 0 Å². The van der Waals surface area contributed by atoms with Gasteiger partial charge in [-0.1, -0.05) is 0 Å². The summed E-state index contributed by atoms with van der Waals surface area (Å²) in [6.07, 6.45) is 2.89. The van der Waals surface area contributed by atoms with Crippen LogP contribution in [0.15, 0.2) is 54.7 Å². The third kappa shape index (κ3) is 4.09. The maximum Gasteiger partial charge on any atom is 0.224 e. The molecular weight excluding hydrogens is 400 g/mol. The number of ether oxygens (including phenoxy) is 1. The zero-order valence-corrected chi connectivity index (χ0v) is 18.4. The number of aromatic nitrogens is 4. The summed E-state index contributed by atoms with van der Waals surface area (Å²) in [7, 11) is 1.69. The van der Waals surface area contributed by atoms with Gasteiger partial charge < -0.3 is 25.3 Å². The maximum atomic E-state index is 5.36. The number of anilines is 3. The number of rotatable bonds is 7. The van der Waals surface area contributed by atoms with Crippen LogP contribution in [-0.2, 0) is 6.42 Å². The van der Waals surface area contributed by atoms with Crippen LogP contribution < -0.4 is 15.4 Å². The van der Waals surface area contributed by atoms with Crippen LogP contribution in [0.5, 0.6) is 5.75 Å². The third-order valence-electron chi connectivity index (χ3n) is 5.53. The molecule has 5 aromatic rings. The molecule has 7 nitrogen and oxygen atoms in total. The number of nitrogens with one attached hydrogen (secondary N) is 4. The van der Waals surface area contributed by atoms with Crippen LogP contribution in [-0.4, -0.2) is 33.6 Å². The van der Waals surface area contributed by atoms with E-state index < -0.39 is 0 Å². The van der Waals surface area contributed by atoms with E-state index in [-0.39, 0.29) is 0 Å². The van der Waals surface area contributed by atoms with E-state index in [0.29, 0.717) is 5.95 Å². The van der Waals surface area contributed by atoms with Crippen LogP contribution in [0.25, 0.3) is 21.8 Å². The predicted octanol–water partition coefficient (Wildman–Crippen LogP) is 5.46. The number of hydrogen-bond donors (Lipinski definition) is 4. The molecule has 0 aliphatic heterocycles. The van der Waals surface area contributed by atoms with E-state index in [0.717, 1.165) is 52.6 Å². The maximum absolute atomic E-state index is 5.36. The largest absolute Gasteiger partial charge is 0.497 e. The first-order valence-electron chi connectivity index (χ1n) is 10.7. The van der Waals surface area contributed by atoms with Crippen LogP contribution in [0.4, 0.5) is 17.5 Å². The van der Waals surface area contributed by atoms with Gasteiger partial charge in [0.05, 0.1) is 7.11 Å². The van der Waals surface area contributed by atoms with Gasteiger partial charge in [0.25, 0.3) is 0 Å². The van der Waals surface area contributed by atoms with E-state index in [1.165, 1.54) is 16.3 Å². The van der Waals surface area contributed by atoms with Gasteiger partial charge in [0, 0.05) is 57.7 Å².